The quantitative estimate of drug-likeness (QED) is 0.630. The van der Waals surface area contributed by atoms with Crippen LogP contribution in [-0.4, -0.2) is 23.8 Å². The highest BCUT2D eigenvalue weighted by Gasteiger charge is 2.21. The minimum atomic E-state index is -0.500. The van der Waals surface area contributed by atoms with Crippen molar-refractivity contribution in [1.82, 2.24) is 4.98 Å². The molecular weight excluding hydrogens is 362 g/mol. The summed E-state index contributed by atoms with van der Waals surface area (Å²) in [4.78, 5) is 26.9. The lowest BCUT2D eigenvalue weighted by molar-refractivity contribution is 0.0463. The van der Waals surface area contributed by atoms with E-state index in [0.29, 0.717) is 28.3 Å². The van der Waals surface area contributed by atoms with Crippen LogP contribution in [0, 0.1) is 13.8 Å². The average molecular weight is 380 g/mol. The number of carbonyl (C=O) groups excluding carboxylic acids is 2. The molecule has 0 fully saturated rings. The molecule has 1 N–H and O–H groups in total. The fourth-order valence-electron chi connectivity index (χ4n) is 2.56. The van der Waals surface area contributed by atoms with Gasteiger partial charge in [0.05, 0.1) is 7.11 Å². The van der Waals surface area contributed by atoms with Crippen molar-refractivity contribution in [2.24, 2.45) is 0 Å². The molecule has 23 heavy (non-hydrogen) atoms. The zero-order valence-corrected chi connectivity index (χ0v) is 15.0. The smallest absolute Gasteiger partial charge is 0.355 e. The largest absolute Gasteiger partial charge is 0.496 e. The predicted molar refractivity (Wildman–Crippen MR) is 90.1 cm³/mol. The molecule has 0 radical (unpaired) electrons. The second-order valence-corrected chi connectivity index (χ2v) is 6.13. The Morgan fingerprint density at radius 3 is 2.52 bits per heavy atom. The SMILES string of the molecule is COc1ccc(Br)cc1COC(=O)c1[nH]c(C)c(C(C)=O)c1C. The molecule has 122 valence electrons. The van der Waals surface area contributed by atoms with Gasteiger partial charge in [-0.1, -0.05) is 15.9 Å². The number of rotatable bonds is 5. The van der Waals surface area contributed by atoms with Crippen LogP contribution in [0.3, 0.4) is 0 Å². The molecule has 5 nitrogen and oxygen atoms in total. The van der Waals surface area contributed by atoms with Gasteiger partial charge in [-0.05, 0) is 44.5 Å². The van der Waals surface area contributed by atoms with E-state index < -0.39 is 5.97 Å². The lowest BCUT2D eigenvalue weighted by atomic mass is 10.1. The summed E-state index contributed by atoms with van der Waals surface area (Å²) >= 11 is 3.38. The number of nitrogens with one attached hydrogen (secondary N) is 1. The number of carbonyl (C=O) groups is 2. The lowest BCUT2D eigenvalue weighted by Gasteiger charge is -2.10. The standard InChI is InChI=1S/C17H18BrNO4/c1-9-15(11(3)20)10(2)19-16(9)17(21)23-8-12-7-13(18)5-6-14(12)22-4/h5-7,19H,8H2,1-4H3. The zero-order valence-electron chi connectivity index (χ0n) is 13.5. The van der Waals surface area contributed by atoms with Crippen molar-refractivity contribution in [3.05, 3.63) is 50.8 Å². The minimum Gasteiger partial charge on any atom is -0.496 e. The summed E-state index contributed by atoms with van der Waals surface area (Å²) in [6.07, 6.45) is 0. The highest BCUT2D eigenvalue weighted by molar-refractivity contribution is 9.10. The van der Waals surface area contributed by atoms with Crippen LogP contribution in [0.25, 0.3) is 0 Å². The molecule has 0 amide bonds. The first kappa shape index (κ1) is 17.3. The Morgan fingerprint density at radius 1 is 1.26 bits per heavy atom. The number of esters is 1. The van der Waals surface area contributed by atoms with Crippen LogP contribution in [0.15, 0.2) is 22.7 Å². The van der Waals surface area contributed by atoms with Gasteiger partial charge in [0.15, 0.2) is 5.78 Å². The van der Waals surface area contributed by atoms with Crippen LogP contribution in [0.2, 0.25) is 0 Å². The van der Waals surface area contributed by atoms with E-state index in [2.05, 4.69) is 20.9 Å². The molecule has 0 bridgehead atoms. The first-order chi connectivity index (χ1) is 10.8. The second-order valence-electron chi connectivity index (χ2n) is 5.21. The summed E-state index contributed by atoms with van der Waals surface area (Å²) in [7, 11) is 1.56. The summed E-state index contributed by atoms with van der Waals surface area (Å²) in [6, 6.07) is 5.48. The van der Waals surface area contributed by atoms with Gasteiger partial charge in [0.1, 0.15) is 18.1 Å². The highest BCUT2D eigenvalue weighted by Crippen LogP contribution is 2.25. The maximum atomic E-state index is 12.3. The summed E-state index contributed by atoms with van der Waals surface area (Å²) in [5, 5.41) is 0. The molecule has 0 aliphatic carbocycles. The van der Waals surface area contributed by atoms with E-state index >= 15 is 0 Å². The number of Topliss-reactive ketones (excluding diaryl/α,β-unsaturated/α-hetero) is 1. The third kappa shape index (κ3) is 3.64. The number of aryl methyl sites for hydroxylation is 1. The molecule has 1 aromatic heterocycles. The Morgan fingerprint density at radius 2 is 1.96 bits per heavy atom. The van der Waals surface area contributed by atoms with E-state index in [1.807, 2.05) is 12.1 Å². The summed E-state index contributed by atoms with van der Waals surface area (Å²) in [5.41, 5.74) is 2.88. The van der Waals surface area contributed by atoms with E-state index in [0.717, 1.165) is 10.0 Å². The maximum absolute atomic E-state index is 12.3. The molecule has 1 heterocycles. The van der Waals surface area contributed by atoms with E-state index in [-0.39, 0.29) is 12.4 Å². The predicted octanol–water partition coefficient (Wildman–Crippen LogP) is 3.96. The van der Waals surface area contributed by atoms with Crippen LogP contribution in [0.4, 0.5) is 0 Å². The van der Waals surface area contributed by atoms with Crippen molar-refractivity contribution in [3.63, 3.8) is 0 Å². The molecule has 0 saturated carbocycles. The van der Waals surface area contributed by atoms with Crippen LogP contribution in [0.5, 0.6) is 5.75 Å². The van der Waals surface area contributed by atoms with E-state index in [9.17, 15) is 9.59 Å². The highest BCUT2D eigenvalue weighted by atomic mass is 79.9. The minimum absolute atomic E-state index is 0.0777. The van der Waals surface area contributed by atoms with Crippen LogP contribution >= 0.6 is 15.9 Å². The molecule has 0 spiro atoms. The number of halogens is 1. The molecule has 0 aliphatic rings. The van der Waals surface area contributed by atoms with Crippen LogP contribution in [0.1, 0.15) is 44.6 Å². The molecule has 0 unspecified atom stereocenters. The first-order valence-corrected chi connectivity index (χ1v) is 7.84. The van der Waals surface area contributed by atoms with Crippen molar-refractivity contribution >= 4 is 27.7 Å². The summed E-state index contributed by atoms with van der Waals surface area (Å²) < 4.78 is 11.5. The number of benzene rings is 1. The fourth-order valence-corrected chi connectivity index (χ4v) is 2.97. The number of aromatic nitrogens is 1. The van der Waals surface area contributed by atoms with Gasteiger partial charge in [0, 0.05) is 21.3 Å². The van der Waals surface area contributed by atoms with Crippen molar-refractivity contribution in [2.75, 3.05) is 7.11 Å². The number of hydrogen-bond donors (Lipinski definition) is 1. The van der Waals surface area contributed by atoms with Gasteiger partial charge in [-0.3, -0.25) is 4.79 Å². The number of ether oxygens (including phenoxy) is 2. The first-order valence-electron chi connectivity index (χ1n) is 7.04. The second kappa shape index (κ2) is 7.00. The van der Waals surface area contributed by atoms with Gasteiger partial charge >= 0.3 is 5.97 Å². The topological polar surface area (TPSA) is 68.4 Å². The summed E-state index contributed by atoms with van der Waals surface area (Å²) in [5.74, 6) is 0.0638. The molecular formula is C17H18BrNO4. The number of aromatic amines is 1. The zero-order chi connectivity index (χ0) is 17.1. The van der Waals surface area contributed by atoms with Crippen LogP contribution < -0.4 is 4.74 Å². The monoisotopic (exact) mass is 379 g/mol. The van der Waals surface area contributed by atoms with Gasteiger partial charge in [-0.2, -0.15) is 0 Å². The van der Waals surface area contributed by atoms with Crippen molar-refractivity contribution in [1.29, 1.82) is 0 Å². The Labute approximate surface area is 143 Å². The van der Waals surface area contributed by atoms with Gasteiger partial charge in [-0.15, -0.1) is 0 Å². The average Bonchev–Trinajstić information content (AvgIpc) is 2.80. The molecule has 2 rings (SSSR count). The molecule has 2 aromatic rings. The maximum Gasteiger partial charge on any atom is 0.355 e. The van der Waals surface area contributed by atoms with Gasteiger partial charge < -0.3 is 14.5 Å². The third-order valence-electron chi connectivity index (χ3n) is 3.59. The van der Waals surface area contributed by atoms with E-state index in [1.54, 1.807) is 27.0 Å². The van der Waals surface area contributed by atoms with E-state index in [1.165, 1.54) is 6.92 Å². The summed E-state index contributed by atoms with van der Waals surface area (Å²) in [6.45, 7) is 5.05. The third-order valence-corrected chi connectivity index (χ3v) is 4.09. The fraction of sp³-hybridized carbons (Fsp3) is 0.294. The van der Waals surface area contributed by atoms with Gasteiger partial charge in [0.2, 0.25) is 0 Å². The van der Waals surface area contributed by atoms with E-state index in [4.69, 9.17) is 9.47 Å². The van der Waals surface area contributed by atoms with Gasteiger partial charge in [-0.25, -0.2) is 4.79 Å². The molecule has 0 atom stereocenters. The number of H-pyrrole nitrogens is 1. The molecule has 1 aromatic carbocycles. The Bertz CT molecular complexity index is 764. The Hall–Kier alpha value is -2.08. The van der Waals surface area contributed by atoms with Crippen molar-refractivity contribution in [2.45, 2.75) is 27.4 Å². The number of ketones is 1. The normalized spacial score (nSPS) is 10.5. The van der Waals surface area contributed by atoms with Crippen molar-refractivity contribution in [3.8, 4) is 5.75 Å². The molecule has 0 aliphatic heterocycles. The Balaban J connectivity index is 2.19. The Kier molecular flexibility index (Phi) is 5.26. The van der Waals surface area contributed by atoms with Gasteiger partial charge in [0.25, 0.3) is 0 Å². The van der Waals surface area contributed by atoms with Crippen molar-refractivity contribution < 1.29 is 19.1 Å². The van der Waals surface area contributed by atoms with Crippen LogP contribution in [-0.2, 0) is 11.3 Å². The molecule has 0 saturated heterocycles. The number of methoxy groups -OCH3 is 1. The lowest BCUT2D eigenvalue weighted by Crippen LogP contribution is -2.08. The molecule has 6 heteroatoms. The number of hydrogen-bond acceptors (Lipinski definition) is 4.